The van der Waals surface area contributed by atoms with Crippen LogP contribution in [-0.4, -0.2) is 25.6 Å². The Labute approximate surface area is 156 Å². The summed E-state index contributed by atoms with van der Waals surface area (Å²) >= 11 is 5.96. The predicted molar refractivity (Wildman–Crippen MR) is 91.6 cm³/mol. The van der Waals surface area contributed by atoms with Crippen molar-refractivity contribution >= 4 is 29.5 Å². The molecule has 5 nitrogen and oxygen atoms in total. The van der Waals surface area contributed by atoms with Gasteiger partial charge in [-0.05, 0) is 42.0 Å². The van der Waals surface area contributed by atoms with Gasteiger partial charge in [0.15, 0.2) is 17.2 Å². The van der Waals surface area contributed by atoms with E-state index in [1.165, 1.54) is 49.6 Å². The molecular weight excluding hydrogens is 387 g/mol. The van der Waals surface area contributed by atoms with Gasteiger partial charge in [-0.15, -0.1) is 0 Å². The molecule has 1 aliphatic heterocycles. The van der Waals surface area contributed by atoms with Crippen LogP contribution in [0.3, 0.4) is 0 Å². The number of nitrogens with zero attached hydrogens (tertiary/aromatic N) is 1. The zero-order valence-electron chi connectivity index (χ0n) is 13.7. The number of methoxy groups -OCH3 is 1. The molecule has 0 atom stereocenters. The van der Waals surface area contributed by atoms with Crippen molar-refractivity contribution in [2.45, 2.75) is 6.61 Å². The van der Waals surface area contributed by atoms with E-state index in [0.717, 1.165) is 0 Å². The number of hydrogen-bond donors (Lipinski definition) is 0. The maximum Gasteiger partial charge on any atom is 0.387 e. The van der Waals surface area contributed by atoms with E-state index >= 15 is 0 Å². The molecule has 0 fully saturated rings. The highest BCUT2D eigenvalue weighted by Crippen LogP contribution is 2.38. The van der Waals surface area contributed by atoms with Crippen molar-refractivity contribution in [2.24, 2.45) is 4.99 Å². The van der Waals surface area contributed by atoms with E-state index in [1.807, 2.05) is 0 Å². The summed E-state index contributed by atoms with van der Waals surface area (Å²) in [6.07, 6.45) is 1.33. The maximum atomic E-state index is 13.3. The van der Waals surface area contributed by atoms with E-state index in [9.17, 15) is 18.0 Å². The van der Waals surface area contributed by atoms with Crippen molar-refractivity contribution < 1.29 is 32.2 Å². The molecule has 0 saturated heterocycles. The standard InChI is InChI=1S/C18H11ClF3NO4/c1-25-14-7-9(5-12(19)15(14)26-18(21)22)6-13-17(24)27-16(23-13)10-3-2-4-11(20)8-10/h2-8,18H,1H3/b13-6-. The number of ether oxygens (including phenoxy) is 3. The Balaban J connectivity index is 1.96. The van der Waals surface area contributed by atoms with Crippen molar-refractivity contribution in [3.05, 3.63) is 64.1 Å². The molecule has 0 aromatic heterocycles. The first-order chi connectivity index (χ1) is 12.9. The van der Waals surface area contributed by atoms with Crippen LogP contribution in [-0.2, 0) is 9.53 Å². The Morgan fingerprint density at radius 3 is 2.70 bits per heavy atom. The molecular formula is C18H11ClF3NO4. The SMILES string of the molecule is COc1cc(/C=C2\N=C(c3cccc(F)c3)OC2=O)cc(Cl)c1OC(F)F. The first kappa shape index (κ1) is 18.8. The molecule has 1 heterocycles. The number of alkyl halides is 2. The van der Waals surface area contributed by atoms with Crippen molar-refractivity contribution in [1.29, 1.82) is 0 Å². The minimum atomic E-state index is -3.08. The molecule has 0 spiro atoms. The Bertz CT molecular complexity index is 960. The van der Waals surface area contributed by atoms with Gasteiger partial charge in [-0.1, -0.05) is 17.7 Å². The fourth-order valence-corrected chi connectivity index (χ4v) is 2.60. The van der Waals surface area contributed by atoms with Crippen LogP contribution < -0.4 is 9.47 Å². The van der Waals surface area contributed by atoms with Gasteiger partial charge >= 0.3 is 12.6 Å². The van der Waals surface area contributed by atoms with Crippen molar-refractivity contribution in [3.63, 3.8) is 0 Å². The van der Waals surface area contributed by atoms with Crippen LogP contribution in [0.2, 0.25) is 5.02 Å². The van der Waals surface area contributed by atoms with E-state index in [0.29, 0.717) is 11.1 Å². The van der Waals surface area contributed by atoms with Crippen molar-refractivity contribution in [2.75, 3.05) is 7.11 Å². The van der Waals surface area contributed by atoms with Gasteiger partial charge in [0.2, 0.25) is 5.90 Å². The van der Waals surface area contributed by atoms with Gasteiger partial charge in [0.1, 0.15) is 5.82 Å². The highest BCUT2D eigenvalue weighted by atomic mass is 35.5. The quantitative estimate of drug-likeness (QED) is 0.553. The third kappa shape index (κ3) is 4.22. The zero-order chi connectivity index (χ0) is 19.6. The molecule has 0 radical (unpaired) electrons. The topological polar surface area (TPSA) is 57.1 Å². The molecule has 9 heteroatoms. The number of rotatable bonds is 5. The molecule has 2 aromatic carbocycles. The summed E-state index contributed by atoms with van der Waals surface area (Å²) in [5.41, 5.74) is 0.563. The van der Waals surface area contributed by atoms with Gasteiger partial charge in [-0.2, -0.15) is 8.78 Å². The van der Waals surface area contributed by atoms with Gasteiger partial charge in [0, 0.05) is 5.56 Å². The molecule has 0 aliphatic carbocycles. The summed E-state index contributed by atoms with van der Waals surface area (Å²) in [5, 5.41) is -0.137. The third-order valence-corrected chi connectivity index (χ3v) is 3.73. The summed E-state index contributed by atoms with van der Waals surface area (Å²) < 4.78 is 52.6. The summed E-state index contributed by atoms with van der Waals surface area (Å²) in [7, 11) is 1.25. The van der Waals surface area contributed by atoms with E-state index < -0.39 is 18.4 Å². The molecule has 0 N–H and O–H groups in total. The van der Waals surface area contributed by atoms with Crippen LogP contribution in [0.1, 0.15) is 11.1 Å². The highest BCUT2D eigenvalue weighted by molar-refractivity contribution is 6.32. The fourth-order valence-electron chi connectivity index (χ4n) is 2.34. The highest BCUT2D eigenvalue weighted by Gasteiger charge is 2.25. The van der Waals surface area contributed by atoms with Crippen LogP contribution in [0.5, 0.6) is 11.5 Å². The Morgan fingerprint density at radius 2 is 2.04 bits per heavy atom. The molecule has 0 amide bonds. The third-order valence-electron chi connectivity index (χ3n) is 3.45. The average molecular weight is 398 g/mol. The van der Waals surface area contributed by atoms with Gasteiger partial charge in [0.25, 0.3) is 0 Å². The van der Waals surface area contributed by atoms with Gasteiger partial charge in [-0.25, -0.2) is 14.2 Å². The largest absolute Gasteiger partial charge is 0.493 e. The summed E-state index contributed by atoms with van der Waals surface area (Å²) in [5.74, 6) is -1.68. The summed E-state index contributed by atoms with van der Waals surface area (Å²) in [6, 6.07) is 8.06. The average Bonchev–Trinajstić information content (AvgIpc) is 2.97. The van der Waals surface area contributed by atoms with Crippen LogP contribution >= 0.6 is 11.6 Å². The number of aliphatic imine (C=N–C) groups is 1. The zero-order valence-corrected chi connectivity index (χ0v) is 14.5. The number of cyclic esters (lactones) is 1. The lowest BCUT2D eigenvalue weighted by molar-refractivity contribution is -0.129. The molecule has 1 aliphatic rings. The van der Waals surface area contributed by atoms with E-state index in [-0.39, 0.29) is 28.1 Å². The van der Waals surface area contributed by atoms with Gasteiger partial charge < -0.3 is 14.2 Å². The van der Waals surface area contributed by atoms with Crippen LogP contribution in [0.15, 0.2) is 47.1 Å². The van der Waals surface area contributed by atoms with Gasteiger partial charge in [-0.3, -0.25) is 0 Å². The second-order valence-corrected chi connectivity index (χ2v) is 5.67. The second kappa shape index (κ2) is 7.71. The van der Waals surface area contributed by atoms with E-state index in [2.05, 4.69) is 9.73 Å². The minimum absolute atomic E-state index is 0.0460. The maximum absolute atomic E-state index is 13.3. The fraction of sp³-hybridized carbons (Fsp3) is 0.111. The lowest BCUT2D eigenvalue weighted by Crippen LogP contribution is -2.05. The smallest absolute Gasteiger partial charge is 0.387 e. The van der Waals surface area contributed by atoms with Crippen molar-refractivity contribution in [1.82, 2.24) is 0 Å². The Hall–Kier alpha value is -3.00. The molecule has 0 saturated carbocycles. The lowest BCUT2D eigenvalue weighted by Gasteiger charge is -2.12. The van der Waals surface area contributed by atoms with Gasteiger partial charge in [0.05, 0.1) is 12.1 Å². The normalized spacial score (nSPS) is 15.1. The lowest BCUT2D eigenvalue weighted by atomic mass is 10.1. The van der Waals surface area contributed by atoms with Crippen LogP contribution in [0, 0.1) is 5.82 Å². The molecule has 27 heavy (non-hydrogen) atoms. The molecule has 2 aromatic rings. The number of carbonyl (C=O) groups excluding carboxylic acids is 1. The number of benzene rings is 2. The Kier molecular flexibility index (Phi) is 5.36. The summed E-state index contributed by atoms with van der Waals surface area (Å²) in [4.78, 5) is 16.0. The number of esters is 1. The monoisotopic (exact) mass is 397 g/mol. The second-order valence-electron chi connectivity index (χ2n) is 5.26. The minimum Gasteiger partial charge on any atom is -0.493 e. The molecule has 140 valence electrons. The van der Waals surface area contributed by atoms with Crippen LogP contribution in [0.25, 0.3) is 6.08 Å². The van der Waals surface area contributed by atoms with Crippen LogP contribution in [0.4, 0.5) is 13.2 Å². The predicted octanol–water partition coefficient (Wildman–Crippen LogP) is 4.43. The first-order valence-electron chi connectivity index (χ1n) is 7.48. The van der Waals surface area contributed by atoms with E-state index in [4.69, 9.17) is 21.1 Å². The number of halogens is 4. The number of carbonyl (C=O) groups is 1. The molecule has 0 bridgehead atoms. The first-order valence-corrected chi connectivity index (χ1v) is 7.86. The van der Waals surface area contributed by atoms with Crippen molar-refractivity contribution in [3.8, 4) is 11.5 Å². The number of hydrogen-bond acceptors (Lipinski definition) is 5. The van der Waals surface area contributed by atoms with E-state index in [1.54, 1.807) is 0 Å². The summed E-state index contributed by atoms with van der Waals surface area (Å²) in [6.45, 7) is -3.08. The molecule has 0 unspecified atom stereocenters. The Morgan fingerprint density at radius 1 is 1.26 bits per heavy atom. The molecule has 3 rings (SSSR count).